The Hall–Kier alpha value is -1.37. The molecule has 1 aromatic carbocycles. The number of benzene rings is 1. The Kier molecular flexibility index (Phi) is 7.19. The largest absolute Gasteiger partial charge is 1.00 e. The third-order valence-electron chi connectivity index (χ3n) is 7.00. The van der Waals surface area contributed by atoms with Crippen LogP contribution < -0.4 is 21.7 Å². The summed E-state index contributed by atoms with van der Waals surface area (Å²) >= 11 is 9.13. The topological polar surface area (TPSA) is 41.8 Å². The molecule has 0 radical (unpaired) electrons. The van der Waals surface area contributed by atoms with Gasteiger partial charge in [-0.25, -0.2) is 9.55 Å². The number of nitrogens with zero attached hydrogens (tertiary/aromatic N) is 2. The molecular formula is C25H34ClN3OS2. The van der Waals surface area contributed by atoms with Crippen molar-refractivity contribution in [1.82, 2.24) is 9.97 Å². The van der Waals surface area contributed by atoms with Crippen LogP contribution in [-0.4, -0.2) is 28.1 Å². The molecule has 32 heavy (non-hydrogen) atoms. The first-order valence-corrected chi connectivity index (χ1v) is 12.1. The molecule has 0 saturated heterocycles. The van der Waals surface area contributed by atoms with Crippen LogP contribution in [0.2, 0.25) is 0 Å². The van der Waals surface area contributed by atoms with Gasteiger partial charge in [0.2, 0.25) is 0 Å². The van der Waals surface area contributed by atoms with Gasteiger partial charge in [0.15, 0.2) is 5.52 Å². The molecule has 2 aromatic heterocycles. The molecule has 2 heterocycles. The lowest BCUT2D eigenvalue weighted by molar-refractivity contribution is -0.612. The summed E-state index contributed by atoms with van der Waals surface area (Å²) in [6, 6.07) is 6.63. The van der Waals surface area contributed by atoms with E-state index in [4.69, 9.17) is 22.3 Å². The van der Waals surface area contributed by atoms with Crippen LogP contribution in [0.3, 0.4) is 0 Å². The fraction of sp³-hybridized carbons (Fsp3) is 0.520. The lowest BCUT2D eigenvalue weighted by Gasteiger charge is -2.41. The van der Waals surface area contributed by atoms with E-state index in [1.54, 1.807) is 7.11 Å². The molecule has 3 aromatic rings. The molecule has 1 aliphatic carbocycles. The van der Waals surface area contributed by atoms with Crippen molar-refractivity contribution in [2.24, 2.45) is 0 Å². The summed E-state index contributed by atoms with van der Waals surface area (Å²) in [7, 11) is 1.71. The van der Waals surface area contributed by atoms with E-state index in [1.165, 1.54) is 24.0 Å². The highest BCUT2D eigenvalue weighted by Gasteiger charge is 2.38. The van der Waals surface area contributed by atoms with E-state index in [2.05, 4.69) is 68.9 Å². The van der Waals surface area contributed by atoms with Gasteiger partial charge >= 0.3 is 5.95 Å². The summed E-state index contributed by atoms with van der Waals surface area (Å²) in [5, 5.41) is 0.152. The fourth-order valence-corrected chi connectivity index (χ4v) is 5.11. The number of aromatic amines is 1. The second kappa shape index (κ2) is 9.11. The number of imidazole rings is 1. The second-order valence-corrected chi connectivity index (χ2v) is 11.2. The Labute approximate surface area is 208 Å². The number of thiol groups is 2. The average Bonchev–Trinajstić information content (AvgIpc) is 3.15. The quantitative estimate of drug-likeness (QED) is 0.378. The Morgan fingerprint density at radius 1 is 1.16 bits per heavy atom. The smallest absolute Gasteiger partial charge is 0.402 e. The minimum absolute atomic E-state index is 0. The highest BCUT2D eigenvalue weighted by Crippen LogP contribution is 2.46. The van der Waals surface area contributed by atoms with Gasteiger partial charge in [-0.2, -0.15) is 25.3 Å². The second-order valence-electron chi connectivity index (χ2n) is 10.1. The molecule has 1 unspecified atom stereocenters. The van der Waals surface area contributed by atoms with Crippen LogP contribution in [0.4, 0.5) is 0 Å². The van der Waals surface area contributed by atoms with Crippen LogP contribution in [0.5, 0.6) is 5.75 Å². The van der Waals surface area contributed by atoms with Crippen LogP contribution in [0.15, 0.2) is 24.4 Å². The number of nitrogens with one attached hydrogen (secondary N) is 1. The number of H-pyrrole nitrogens is 1. The molecule has 1 N–H and O–H groups in total. The van der Waals surface area contributed by atoms with Gasteiger partial charge in [0.25, 0.3) is 0 Å². The van der Waals surface area contributed by atoms with E-state index >= 15 is 0 Å². The van der Waals surface area contributed by atoms with Crippen molar-refractivity contribution in [1.29, 1.82) is 0 Å². The molecule has 4 rings (SSSR count). The number of pyridine rings is 1. The van der Waals surface area contributed by atoms with Crippen molar-refractivity contribution in [3.8, 4) is 11.7 Å². The summed E-state index contributed by atoms with van der Waals surface area (Å²) in [5.41, 5.74) is 7.55. The van der Waals surface area contributed by atoms with E-state index < -0.39 is 0 Å². The van der Waals surface area contributed by atoms with E-state index in [1.807, 2.05) is 12.3 Å². The Bertz CT molecular complexity index is 1090. The van der Waals surface area contributed by atoms with E-state index in [-0.39, 0.29) is 28.5 Å². The standard InChI is InChI=1S/C25H33N3OS2.ClH/c1-15-21(11-16(31)14-30)28(10-7-22(15)29-6)23-26-19-12-17-18(13-20(19)27-23)25(4,5)9-8-24(17,2)3;/h7,10,12-13,16H,8-9,11,14H2,1-6H3,(H2-,26,27,30,31);1H. The van der Waals surface area contributed by atoms with Gasteiger partial charge in [0, 0.05) is 29.1 Å². The highest BCUT2D eigenvalue weighted by atomic mass is 35.5. The van der Waals surface area contributed by atoms with Gasteiger partial charge in [0.05, 0.1) is 19.0 Å². The molecule has 7 heteroatoms. The molecule has 0 fully saturated rings. The van der Waals surface area contributed by atoms with Gasteiger partial charge in [0.1, 0.15) is 11.3 Å². The normalized spacial score (nSPS) is 17.5. The van der Waals surface area contributed by atoms with Crippen molar-refractivity contribution in [3.63, 3.8) is 0 Å². The molecule has 0 spiro atoms. The zero-order chi connectivity index (χ0) is 22.6. The van der Waals surface area contributed by atoms with Gasteiger partial charge in [-0.15, -0.1) is 0 Å². The predicted octanol–water partition coefficient (Wildman–Crippen LogP) is 2.28. The van der Waals surface area contributed by atoms with Gasteiger partial charge < -0.3 is 17.1 Å². The maximum atomic E-state index is 5.58. The third-order valence-corrected chi connectivity index (χ3v) is 8.09. The minimum Gasteiger partial charge on any atom is -1.00 e. The van der Waals surface area contributed by atoms with Gasteiger partial charge in [-0.3, -0.25) is 0 Å². The molecule has 1 aliphatic rings. The SMILES string of the molecule is COc1cc[n+](-c2nc3cc4c(cc3[nH]2)C(C)(C)CCC4(C)C)c(CC(S)CS)c1C.[Cl-]. The third kappa shape index (κ3) is 4.38. The molecule has 0 amide bonds. The zero-order valence-corrected chi connectivity index (χ0v) is 22.3. The van der Waals surface area contributed by atoms with Crippen LogP contribution in [0.25, 0.3) is 17.0 Å². The van der Waals surface area contributed by atoms with Crippen molar-refractivity contribution in [2.45, 2.75) is 70.0 Å². The number of halogens is 1. The monoisotopic (exact) mass is 491 g/mol. The number of rotatable bonds is 5. The van der Waals surface area contributed by atoms with Crippen LogP contribution in [-0.2, 0) is 17.3 Å². The predicted molar refractivity (Wildman–Crippen MR) is 135 cm³/mol. The maximum absolute atomic E-state index is 5.58. The first kappa shape index (κ1) is 25.3. The van der Waals surface area contributed by atoms with Crippen LogP contribution >= 0.6 is 25.3 Å². The molecule has 4 nitrogen and oxygen atoms in total. The number of ether oxygens (including phenoxy) is 1. The number of methoxy groups -OCH3 is 1. The minimum atomic E-state index is 0. The highest BCUT2D eigenvalue weighted by molar-refractivity contribution is 7.84. The Morgan fingerprint density at radius 3 is 2.38 bits per heavy atom. The summed E-state index contributed by atoms with van der Waals surface area (Å²) in [4.78, 5) is 8.61. The Morgan fingerprint density at radius 2 is 1.78 bits per heavy atom. The maximum Gasteiger partial charge on any atom is 0.402 e. The van der Waals surface area contributed by atoms with Crippen molar-refractivity contribution < 1.29 is 21.7 Å². The first-order chi connectivity index (χ1) is 14.6. The molecular weight excluding hydrogens is 458 g/mol. The van der Waals surface area contributed by atoms with Crippen molar-refractivity contribution in [3.05, 3.63) is 46.8 Å². The van der Waals surface area contributed by atoms with Crippen molar-refractivity contribution in [2.75, 3.05) is 12.9 Å². The van der Waals surface area contributed by atoms with Crippen LogP contribution in [0.1, 0.15) is 62.9 Å². The fourth-order valence-electron chi connectivity index (χ4n) is 4.81. The Balaban J connectivity index is 0.00000289. The molecule has 1 atom stereocenters. The summed E-state index contributed by atoms with van der Waals surface area (Å²) in [6.45, 7) is 11.5. The zero-order valence-electron chi connectivity index (χ0n) is 19.8. The van der Waals surface area contributed by atoms with E-state index in [0.717, 1.165) is 40.4 Å². The summed E-state index contributed by atoms with van der Waals surface area (Å²) in [6.07, 6.45) is 5.21. The number of hydrogen-bond donors (Lipinski definition) is 3. The van der Waals surface area contributed by atoms with E-state index in [9.17, 15) is 0 Å². The lowest BCUT2D eigenvalue weighted by Crippen LogP contribution is -3.00. The summed E-state index contributed by atoms with van der Waals surface area (Å²) in [5.74, 6) is 2.41. The molecule has 0 saturated carbocycles. The summed E-state index contributed by atoms with van der Waals surface area (Å²) < 4.78 is 7.71. The van der Waals surface area contributed by atoms with Gasteiger partial charge in [-0.1, -0.05) is 32.7 Å². The number of hydrogen-bond acceptors (Lipinski definition) is 4. The number of fused-ring (bicyclic) bond motifs is 2. The molecule has 0 bridgehead atoms. The average molecular weight is 492 g/mol. The first-order valence-electron chi connectivity index (χ1n) is 11.0. The molecule has 0 aliphatic heterocycles. The molecule has 174 valence electrons. The number of aromatic nitrogens is 3. The van der Waals surface area contributed by atoms with Crippen LogP contribution in [0, 0.1) is 6.92 Å². The lowest BCUT2D eigenvalue weighted by atomic mass is 9.63. The van der Waals surface area contributed by atoms with Crippen molar-refractivity contribution >= 4 is 36.3 Å². The van der Waals surface area contributed by atoms with Gasteiger partial charge in [-0.05, 0) is 53.9 Å². The van der Waals surface area contributed by atoms with E-state index in [0.29, 0.717) is 5.75 Å².